The second-order valence-corrected chi connectivity index (χ2v) is 5.06. The van der Waals surface area contributed by atoms with Gasteiger partial charge in [-0.25, -0.2) is 4.52 Å². The summed E-state index contributed by atoms with van der Waals surface area (Å²) < 4.78 is 1.63. The first-order valence-corrected chi connectivity index (χ1v) is 6.74. The van der Waals surface area contributed by atoms with Crippen molar-refractivity contribution in [3.05, 3.63) is 30.4 Å². The summed E-state index contributed by atoms with van der Waals surface area (Å²) in [5.74, 6) is 0.211. The number of hydrogen-bond acceptors (Lipinski definition) is 5. The van der Waals surface area contributed by atoms with Crippen molar-refractivity contribution in [3.63, 3.8) is 0 Å². The van der Waals surface area contributed by atoms with Gasteiger partial charge in [0.25, 0.3) is 5.91 Å². The smallest absolute Gasteiger partial charge is 0.257 e. The zero-order valence-corrected chi connectivity index (χ0v) is 11.4. The average molecular weight is 288 g/mol. The lowest BCUT2D eigenvalue weighted by atomic mass is 9.95. The minimum absolute atomic E-state index is 0.0321. The van der Waals surface area contributed by atoms with Crippen molar-refractivity contribution in [2.75, 3.05) is 13.1 Å². The number of likely N-dealkylation sites (tertiary alicyclic amines) is 1. The van der Waals surface area contributed by atoms with Gasteiger partial charge in [-0.05, 0) is 12.8 Å². The third-order valence-corrected chi connectivity index (χ3v) is 3.87. The van der Waals surface area contributed by atoms with Crippen LogP contribution in [0, 0.1) is 5.92 Å². The Bertz CT molecular complexity index is 687. The Balaban J connectivity index is 1.75. The van der Waals surface area contributed by atoms with Crippen molar-refractivity contribution in [2.45, 2.75) is 12.8 Å². The minimum atomic E-state index is -0.0593. The zero-order valence-electron chi connectivity index (χ0n) is 11.4. The monoisotopic (exact) mass is 288 g/mol. The number of oxime groups is 1. The predicted octanol–water partition coefficient (Wildman–Crippen LogP) is 0.328. The molecule has 0 saturated carbocycles. The van der Waals surface area contributed by atoms with E-state index in [4.69, 9.17) is 10.9 Å². The molecule has 1 aliphatic heterocycles. The molecular formula is C13H16N6O2. The van der Waals surface area contributed by atoms with Crippen LogP contribution in [0.15, 0.2) is 29.9 Å². The molecule has 0 aromatic carbocycles. The van der Waals surface area contributed by atoms with Gasteiger partial charge in [-0.2, -0.15) is 5.10 Å². The number of aromatic nitrogens is 3. The second kappa shape index (κ2) is 5.39. The van der Waals surface area contributed by atoms with Gasteiger partial charge < -0.3 is 15.8 Å². The number of carbonyl (C=O) groups excluding carboxylic acids is 1. The molecule has 3 heterocycles. The van der Waals surface area contributed by atoms with E-state index in [0.29, 0.717) is 37.0 Å². The Kier molecular flexibility index (Phi) is 3.43. The van der Waals surface area contributed by atoms with Gasteiger partial charge in [0.2, 0.25) is 0 Å². The molecule has 0 unspecified atom stereocenters. The van der Waals surface area contributed by atoms with Crippen LogP contribution in [-0.2, 0) is 0 Å². The van der Waals surface area contributed by atoms with Crippen LogP contribution < -0.4 is 5.73 Å². The van der Waals surface area contributed by atoms with Crippen molar-refractivity contribution in [3.8, 4) is 0 Å². The summed E-state index contributed by atoms with van der Waals surface area (Å²) in [6.45, 7) is 1.16. The maximum absolute atomic E-state index is 12.6. The topological polar surface area (TPSA) is 109 Å². The number of nitrogens with zero attached hydrogens (tertiary/aromatic N) is 5. The number of piperidine rings is 1. The van der Waals surface area contributed by atoms with E-state index >= 15 is 0 Å². The van der Waals surface area contributed by atoms with Crippen molar-refractivity contribution in [1.82, 2.24) is 19.5 Å². The van der Waals surface area contributed by atoms with Crippen molar-refractivity contribution in [2.24, 2.45) is 16.8 Å². The van der Waals surface area contributed by atoms with Crippen LogP contribution in [0.25, 0.3) is 5.52 Å². The van der Waals surface area contributed by atoms with E-state index in [1.807, 2.05) is 0 Å². The number of hydrogen-bond donors (Lipinski definition) is 2. The van der Waals surface area contributed by atoms with E-state index in [2.05, 4.69) is 15.2 Å². The lowest BCUT2D eigenvalue weighted by Gasteiger charge is -2.31. The summed E-state index contributed by atoms with van der Waals surface area (Å²) in [6, 6.07) is 0. The van der Waals surface area contributed by atoms with Gasteiger partial charge in [-0.1, -0.05) is 5.16 Å². The second-order valence-electron chi connectivity index (χ2n) is 5.06. The molecule has 0 atom stereocenters. The molecule has 21 heavy (non-hydrogen) atoms. The van der Waals surface area contributed by atoms with E-state index in [9.17, 15) is 4.79 Å². The van der Waals surface area contributed by atoms with E-state index in [0.717, 1.165) is 0 Å². The van der Waals surface area contributed by atoms with Crippen LogP contribution in [0.1, 0.15) is 23.2 Å². The fraction of sp³-hybridized carbons (Fsp3) is 0.385. The molecule has 1 fully saturated rings. The van der Waals surface area contributed by atoms with Gasteiger partial charge in [0.05, 0.1) is 23.5 Å². The molecule has 1 saturated heterocycles. The summed E-state index contributed by atoms with van der Waals surface area (Å²) in [5, 5.41) is 15.9. The van der Waals surface area contributed by atoms with E-state index in [1.54, 1.807) is 34.2 Å². The van der Waals surface area contributed by atoms with Gasteiger partial charge in [0, 0.05) is 31.4 Å². The Hall–Kier alpha value is -2.64. The highest BCUT2D eigenvalue weighted by atomic mass is 16.4. The quantitative estimate of drug-likeness (QED) is 0.358. The number of rotatable bonds is 2. The maximum atomic E-state index is 12.6. The largest absolute Gasteiger partial charge is 0.409 e. The lowest BCUT2D eigenvalue weighted by molar-refractivity contribution is 0.0711. The number of amidine groups is 1. The Morgan fingerprint density at radius 1 is 1.38 bits per heavy atom. The highest BCUT2D eigenvalue weighted by Gasteiger charge is 2.27. The molecule has 1 aliphatic rings. The fourth-order valence-corrected chi connectivity index (χ4v) is 2.63. The predicted molar refractivity (Wildman–Crippen MR) is 75.0 cm³/mol. The Labute approximate surface area is 120 Å². The van der Waals surface area contributed by atoms with Gasteiger partial charge in [0.15, 0.2) is 0 Å². The molecule has 0 spiro atoms. The molecule has 3 rings (SSSR count). The van der Waals surface area contributed by atoms with Gasteiger partial charge in [0.1, 0.15) is 5.84 Å². The first kappa shape index (κ1) is 13.3. The SMILES string of the molecule is N/C(=N/O)C1CCN(C(=O)c2cnn3ccncc23)CC1. The normalized spacial score (nSPS) is 17.3. The van der Waals surface area contributed by atoms with Gasteiger partial charge in [-0.15, -0.1) is 0 Å². The highest BCUT2D eigenvalue weighted by Crippen LogP contribution is 2.20. The molecule has 0 aliphatic carbocycles. The van der Waals surface area contributed by atoms with Gasteiger partial charge in [-0.3, -0.25) is 9.78 Å². The molecule has 8 heteroatoms. The summed E-state index contributed by atoms with van der Waals surface area (Å²) in [4.78, 5) is 18.4. The molecule has 1 amide bonds. The molecule has 3 N–H and O–H groups in total. The van der Waals surface area contributed by atoms with Crippen LogP contribution in [-0.4, -0.2) is 49.5 Å². The van der Waals surface area contributed by atoms with E-state index < -0.39 is 0 Å². The lowest BCUT2D eigenvalue weighted by Crippen LogP contribution is -2.41. The molecule has 110 valence electrons. The fourth-order valence-electron chi connectivity index (χ4n) is 2.63. The molecule has 8 nitrogen and oxygen atoms in total. The summed E-state index contributed by atoms with van der Waals surface area (Å²) in [6.07, 6.45) is 7.91. The zero-order chi connectivity index (χ0) is 14.8. The van der Waals surface area contributed by atoms with Crippen molar-refractivity contribution in [1.29, 1.82) is 0 Å². The third-order valence-electron chi connectivity index (χ3n) is 3.87. The van der Waals surface area contributed by atoms with Crippen LogP contribution in [0.3, 0.4) is 0 Å². The number of carbonyl (C=O) groups is 1. The Morgan fingerprint density at radius 3 is 2.86 bits per heavy atom. The van der Waals surface area contributed by atoms with Crippen LogP contribution in [0.5, 0.6) is 0 Å². The third kappa shape index (κ3) is 2.39. The summed E-state index contributed by atoms with van der Waals surface area (Å²) >= 11 is 0. The molecule has 0 radical (unpaired) electrons. The number of amides is 1. The summed E-state index contributed by atoms with van der Waals surface area (Å²) in [5.41, 5.74) is 6.86. The molecule has 0 bridgehead atoms. The maximum Gasteiger partial charge on any atom is 0.257 e. The minimum Gasteiger partial charge on any atom is -0.409 e. The van der Waals surface area contributed by atoms with Crippen LogP contribution in [0.4, 0.5) is 0 Å². The van der Waals surface area contributed by atoms with E-state index in [-0.39, 0.29) is 17.7 Å². The molecular weight excluding hydrogens is 272 g/mol. The van der Waals surface area contributed by atoms with Crippen LogP contribution in [0.2, 0.25) is 0 Å². The molecule has 2 aromatic rings. The number of nitrogens with two attached hydrogens (primary N) is 1. The first-order chi connectivity index (χ1) is 10.2. The van der Waals surface area contributed by atoms with Crippen LogP contribution >= 0.6 is 0 Å². The highest BCUT2D eigenvalue weighted by molar-refractivity contribution is 6.00. The summed E-state index contributed by atoms with van der Waals surface area (Å²) in [7, 11) is 0. The van der Waals surface area contributed by atoms with Gasteiger partial charge >= 0.3 is 0 Å². The average Bonchev–Trinajstić information content (AvgIpc) is 2.97. The van der Waals surface area contributed by atoms with E-state index in [1.165, 1.54) is 0 Å². The van der Waals surface area contributed by atoms with Crippen molar-refractivity contribution >= 4 is 17.3 Å². The standard InChI is InChI=1S/C13H16N6O2/c14-12(17-21)9-1-4-18(5-2-9)13(20)10-7-16-19-6-3-15-8-11(10)19/h3,6-9,21H,1-2,4-5H2,(H2,14,17). The Morgan fingerprint density at radius 2 is 2.14 bits per heavy atom. The first-order valence-electron chi connectivity index (χ1n) is 6.74. The van der Waals surface area contributed by atoms with Crippen molar-refractivity contribution < 1.29 is 10.0 Å². The number of fused-ring (bicyclic) bond motifs is 1. The molecule has 2 aromatic heterocycles.